The highest BCUT2D eigenvalue weighted by molar-refractivity contribution is 7.20. The second-order valence-corrected chi connectivity index (χ2v) is 13.5. The number of Topliss-reactive ketones (excluding diaryl/α,β-unsaturated/α-hetero) is 1. The highest BCUT2D eigenvalue weighted by Crippen LogP contribution is 2.30. The Morgan fingerprint density at radius 3 is 0.921 bits per heavy atom. The molecule has 0 aliphatic rings. The SMILES string of the molecule is CC(C)C(=O)c1cccc[n+]1Cc1ccccc1.Fc1c(F)c(F)c([B-](c2c(F)c(F)c(F)c(F)c2F)(c2c(F)c(F)c(F)c(F)c2F)c2c(F)c(F)c(F)c(F)c2F)c(F)c1F. The van der Waals surface area contributed by atoms with E-state index >= 15 is 35.1 Å². The lowest BCUT2D eigenvalue weighted by atomic mass is 9.12. The summed E-state index contributed by atoms with van der Waals surface area (Å²) in [5.41, 5.74) is -12.4. The Labute approximate surface area is 339 Å². The van der Waals surface area contributed by atoms with E-state index in [9.17, 15) is 57.5 Å². The Morgan fingerprint density at radius 2 is 0.651 bits per heavy atom. The molecule has 0 unspecified atom stereocenters. The maximum Gasteiger partial charge on any atom is 0.249 e. The van der Waals surface area contributed by atoms with Gasteiger partial charge in [-0.3, -0.25) is 4.79 Å². The van der Waals surface area contributed by atoms with E-state index in [1.807, 2.05) is 61.0 Å². The first kappa shape index (κ1) is 47.6. The van der Waals surface area contributed by atoms with Gasteiger partial charge in [0.05, 0.1) is 0 Å². The third kappa shape index (κ3) is 7.63. The first-order valence-corrected chi connectivity index (χ1v) is 17.2. The molecule has 1 aromatic heterocycles. The average Bonchev–Trinajstić information content (AvgIpc) is 3.26. The summed E-state index contributed by atoms with van der Waals surface area (Å²) in [4.78, 5) is 12.1. The molecule has 0 aliphatic carbocycles. The van der Waals surface area contributed by atoms with Crippen molar-refractivity contribution in [1.82, 2.24) is 0 Å². The van der Waals surface area contributed by atoms with Gasteiger partial charge in [-0.2, -0.15) is 4.57 Å². The minimum atomic E-state index is -7.22. The van der Waals surface area contributed by atoms with E-state index in [0.29, 0.717) is 0 Å². The van der Waals surface area contributed by atoms with Gasteiger partial charge in [-0.15, -0.1) is 21.9 Å². The van der Waals surface area contributed by atoms with Crippen LogP contribution in [0.25, 0.3) is 0 Å². The number of hydrogen-bond donors (Lipinski definition) is 0. The number of ketones is 1. The highest BCUT2D eigenvalue weighted by atomic mass is 19.2. The number of carbonyl (C=O) groups excluding carboxylic acids is 1. The maximum atomic E-state index is 15.4. The molecule has 2 nitrogen and oxygen atoms in total. The van der Waals surface area contributed by atoms with E-state index < -0.39 is 144 Å². The van der Waals surface area contributed by atoms with E-state index in [1.165, 1.54) is 5.56 Å². The molecule has 0 aliphatic heterocycles. The number of halogens is 20. The smallest absolute Gasteiger partial charge is 0.249 e. The van der Waals surface area contributed by atoms with Crippen LogP contribution >= 0.6 is 0 Å². The molecule has 23 heteroatoms. The van der Waals surface area contributed by atoms with Gasteiger partial charge in [-0.25, -0.2) is 87.8 Å². The Hall–Kier alpha value is -6.42. The van der Waals surface area contributed by atoms with Crippen molar-refractivity contribution in [3.05, 3.63) is 182 Å². The molecule has 332 valence electrons. The van der Waals surface area contributed by atoms with E-state index in [2.05, 4.69) is 12.1 Å². The van der Waals surface area contributed by atoms with Gasteiger partial charge in [-0.1, -0.05) is 44.2 Å². The molecule has 0 atom stereocenters. The fraction of sp³-hybridized carbons (Fsp3) is 0.100. The predicted octanol–water partition coefficient (Wildman–Crippen LogP) is 8.71. The average molecular weight is 919 g/mol. The molecule has 0 bridgehead atoms. The molecule has 63 heavy (non-hydrogen) atoms. The summed E-state index contributed by atoms with van der Waals surface area (Å²) in [5, 5.41) is 0. The fourth-order valence-electron chi connectivity index (χ4n) is 6.79. The summed E-state index contributed by atoms with van der Waals surface area (Å²) in [7, 11) is 0. The van der Waals surface area contributed by atoms with Gasteiger partial charge in [0.2, 0.25) is 11.5 Å². The van der Waals surface area contributed by atoms with Crippen molar-refractivity contribution in [3.8, 4) is 0 Å². The van der Waals surface area contributed by atoms with Crippen LogP contribution in [-0.4, -0.2) is 11.9 Å². The zero-order valence-electron chi connectivity index (χ0n) is 31.0. The van der Waals surface area contributed by atoms with Gasteiger partial charge < -0.3 is 0 Å². The molecule has 0 N–H and O–H groups in total. The summed E-state index contributed by atoms with van der Waals surface area (Å²) >= 11 is 0. The van der Waals surface area contributed by atoms with Crippen LogP contribution in [0, 0.1) is 122 Å². The van der Waals surface area contributed by atoms with E-state index in [-0.39, 0.29) is 11.7 Å². The Kier molecular flexibility index (Phi) is 13.4. The van der Waals surface area contributed by atoms with Gasteiger partial charge >= 0.3 is 0 Å². The summed E-state index contributed by atoms with van der Waals surface area (Å²) in [6, 6.07) is 15.9. The standard InChI is InChI=1S/C24BF20.C16H18NO/c26-5-1(6(27)14(35)21(42)13(5)34)25(2-7(28)15(36)22(43)16(37)8(2)29,3-9(30)17(38)23(44)18(39)10(3)31)4-11(32)19(40)24(45)20(41)12(4)33;1-13(2)16(18)15-10-6-7-11-17(15)12-14-8-4-3-5-9-14/h;3-11,13H,12H2,1-2H3/q-1;+1. The zero-order valence-corrected chi connectivity index (χ0v) is 31.0. The number of aromatic nitrogens is 1. The molecule has 0 fully saturated rings. The molecular weight excluding hydrogens is 901 g/mol. The van der Waals surface area contributed by atoms with Crippen molar-refractivity contribution in [2.45, 2.75) is 20.4 Å². The van der Waals surface area contributed by atoms with Gasteiger partial charge in [-0.05, 0) is 6.07 Å². The Bertz CT molecular complexity index is 2440. The maximum absolute atomic E-state index is 15.4. The molecule has 0 saturated heterocycles. The number of benzene rings is 5. The molecule has 6 aromatic rings. The number of carbonyl (C=O) groups is 1. The normalized spacial score (nSPS) is 11.6. The van der Waals surface area contributed by atoms with Crippen molar-refractivity contribution >= 4 is 33.8 Å². The van der Waals surface area contributed by atoms with E-state index in [4.69, 9.17) is 0 Å². The monoisotopic (exact) mass is 919 g/mol. The van der Waals surface area contributed by atoms with Crippen LogP contribution in [0.4, 0.5) is 87.8 Å². The quantitative estimate of drug-likeness (QED) is 0.0374. The molecule has 6 rings (SSSR count). The van der Waals surface area contributed by atoms with Crippen molar-refractivity contribution < 1.29 is 97.2 Å². The summed E-state index contributed by atoms with van der Waals surface area (Å²) < 4.78 is 296. The summed E-state index contributed by atoms with van der Waals surface area (Å²) in [5.74, 6) is -71.2. The van der Waals surface area contributed by atoms with Crippen LogP contribution in [0.5, 0.6) is 0 Å². The summed E-state index contributed by atoms with van der Waals surface area (Å²) in [6.07, 6.45) is -5.26. The first-order valence-electron chi connectivity index (χ1n) is 17.2. The minimum absolute atomic E-state index is 0.0226. The first-order chi connectivity index (χ1) is 29.4. The van der Waals surface area contributed by atoms with Crippen LogP contribution in [-0.2, 0) is 6.54 Å². The fourth-order valence-corrected chi connectivity index (χ4v) is 6.79. The van der Waals surface area contributed by atoms with Gasteiger partial charge in [0.15, 0.2) is 82.5 Å². The lowest BCUT2D eigenvalue weighted by Gasteiger charge is -2.44. The van der Waals surface area contributed by atoms with Gasteiger partial charge in [0.1, 0.15) is 52.7 Å². The second-order valence-electron chi connectivity index (χ2n) is 13.5. The molecule has 5 aromatic carbocycles. The van der Waals surface area contributed by atoms with Crippen LogP contribution in [0.1, 0.15) is 29.9 Å². The van der Waals surface area contributed by atoms with E-state index in [1.54, 1.807) is 0 Å². The lowest BCUT2D eigenvalue weighted by Crippen LogP contribution is -2.81. The summed E-state index contributed by atoms with van der Waals surface area (Å²) in [6.45, 7) is 4.60. The molecule has 0 amide bonds. The molecular formula is C40H18BF20NO. The topological polar surface area (TPSA) is 20.9 Å². The second kappa shape index (κ2) is 17.8. The number of nitrogens with zero attached hydrogens (tertiary/aromatic N) is 1. The predicted molar refractivity (Wildman–Crippen MR) is 181 cm³/mol. The minimum Gasteiger partial charge on any atom is -0.287 e. The third-order valence-corrected chi connectivity index (χ3v) is 9.62. The molecule has 0 spiro atoms. The van der Waals surface area contributed by atoms with Crippen LogP contribution in [0.3, 0.4) is 0 Å². The van der Waals surface area contributed by atoms with Crippen LogP contribution < -0.4 is 26.4 Å². The van der Waals surface area contributed by atoms with Crippen molar-refractivity contribution in [2.75, 3.05) is 0 Å². The molecule has 1 heterocycles. The number of hydrogen-bond acceptors (Lipinski definition) is 1. The van der Waals surface area contributed by atoms with E-state index in [0.717, 1.165) is 12.2 Å². The molecule has 0 radical (unpaired) electrons. The lowest BCUT2D eigenvalue weighted by molar-refractivity contribution is -0.690. The van der Waals surface area contributed by atoms with Gasteiger partial charge in [0.25, 0.3) is 0 Å². The Balaban J connectivity index is 0.000000345. The van der Waals surface area contributed by atoms with Crippen molar-refractivity contribution in [1.29, 1.82) is 0 Å². The van der Waals surface area contributed by atoms with Crippen LogP contribution in [0.15, 0.2) is 54.7 Å². The number of pyridine rings is 1. The van der Waals surface area contributed by atoms with Crippen molar-refractivity contribution in [2.24, 2.45) is 5.92 Å². The largest absolute Gasteiger partial charge is 0.287 e. The van der Waals surface area contributed by atoms with Gasteiger partial charge in [0, 0.05) is 23.6 Å². The van der Waals surface area contributed by atoms with Crippen LogP contribution in [0.2, 0.25) is 0 Å². The third-order valence-electron chi connectivity index (χ3n) is 9.62. The van der Waals surface area contributed by atoms with Crippen molar-refractivity contribution in [3.63, 3.8) is 0 Å². The zero-order chi connectivity index (χ0) is 47.3. The number of rotatable bonds is 8. The highest BCUT2D eigenvalue weighted by Gasteiger charge is 2.52. The Morgan fingerprint density at radius 1 is 0.397 bits per heavy atom. The molecule has 0 saturated carbocycles.